The molecule has 1 N–H and O–H groups in total. The molecule has 0 fully saturated rings. The largest absolute Gasteiger partial charge is 0.465 e. The molecule has 2 aromatic heterocycles. The van der Waals surface area contributed by atoms with Crippen LogP contribution in [0.3, 0.4) is 0 Å². The molecule has 0 aromatic carbocycles. The number of aromatic nitrogens is 4. The maximum atomic E-state index is 12.2. The number of esters is 1. The van der Waals surface area contributed by atoms with Crippen LogP contribution >= 0.6 is 11.8 Å². The van der Waals surface area contributed by atoms with Crippen molar-refractivity contribution in [1.82, 2.24) is 19.7 Å². The van der Waals surface area contributed by atoms with Crippen LogP contribution in [0.5, 0.6) is 0 Å². The Morgan fingerprint density at radius 3 is 3.04 bits per heavy atom. The molecule has 0 bridgehead atoms. The Bertz CT molecular complexity index is 812. The number of methoxy groups -OCH3 is 1. The molecule has 128 valence electrons. The molecule has 1 aliphatic heterocycles. The molecule has 2 aromatic rings. The summed E-state index contributed by atoms with van der Waals surface area (Å²) in [5, 5.41) is 5.12. The molecule has 0 spiro atoms. The smallest absolute Gasteiger partial charge is 0.341 e. The maximum absolute atomic E-state index is 12.2. The fourth-order valence-electron chi connectivity index (χ4n) is 2.85. The minimum atomic E-state index is -0.350. The highest BCUT2D eigenvalue weighted by Gasteiger charge is 2.26. The zero-order valence-electron chi connectivity index (χ0n) is 13.8. The summed E-state index contributed by atoms with van der Waals surface area (Å²) < 4.78 is 6.84. The SMILES string of the molecule is CCc1cc(=O)[nH]c(SCc2nn3c(c2C(=O)OC)CCCC3)n1. The first kappa shape index (κ1) is 16.8. The quantitative estimate of drug-likeness (QED) is 0.504. The number of nitrogens with one attached hydrogen (secondary N) is 1. The van der Waals surface area contributed by atoms with Crippen LogP contribution in [0.25, 0.3) is 0 Å². The van der Waals surface area contributed by atoms with E-state index in [9.17, 15) is 9.59 Å². The molecule has 24 heavy (non-hydrogen) atoms. The van der Waals surface area contributed by atoms with Crippen LogP contribution in [-0.4, -0.2) is 32.8 Å². The van der Waals surface area contributed by atoms with Crippen molar-refractivity contribution >= 4 is 17.7 Å². The fraction of sp³-hybridized carbons (Fsp3) is 0.500. The first-order chi connectivity index (χ1) is 11.6. The zero-order valence-corrected chi connectivity index (χ0v) is 14.6. The van der Waals surface area contributed by atoms with Gasteiger partial charge in [-0.2, -0.15) is 5.10 Å². The average Bonchev–Trinajstić information content (AvgIpc) is 2.97. The lowest BCUT2D eigenvalue weighted by atomic mass is 10.1. The van der Waals surface area contributed by atoms with E-state index >= 15 is 0 Å². The molecule has 0 aliphatic carbocycles. The normalized spacial score (nSPS) is 13.6. The summed E-state index contributed by atoms with van der Waals surface area (Å²) in [6, 6.07) is 1.50. The number of thioether (sulfide) groups is 1. The van der Waals surface area contributed by atoms with Crippen molar-refractivity contribution in [2.24, 2.45) is 0 Å². The van der Waals surface area contributed by atoms with E-state index in [4.69, 9.17) is 4.74 Å². The van der Waals surface area contributed by atoms with Crippen molar-refractivity contribution in [2.45, 2.75) is 50.1 Å². The van der Waals surface area contributed by atoms with Crippen LogP contribution < -0.4 is 5.56 Å². The van der Waals surface area contributed by atoms with Crippen molar-refractivity contribution in [3.63, 3.8) is 0 Å². The van der Waals surface area contributed by atoms with E-state index in [1.54, 1.807) is 0 Å². The molecule has 0 atom stereocenters. The number of nitrogens with zero attached hydrogens (tertiary/aromatic N) is 3. The number of hydrogen-bond acceptors (Lipinski definition) is 6. The minimum absolute atomic E-state index is 0.165. The van der Waals surface area contributed by atoms with Crippen LogP contribution in [0.2, 0.25) is 0 Å². The third-order valence-corrected chi connectivity index (χ3v) is 4.92. The summed E-state index contributed by atoms with van der Waals surface area (Å²) in [6.45, 7) is 2.78. The summed E-state index contributed by atoms with van der Waals surface area (Å²) in [5.41, 5.74) is 2.79. The second kappa shape index (κ2) is 7.21. The molecule has 3 heterocycles. The summed E-state index contributed by atoms with van der Waals surface area (Å²) in [5.74, 6) is 0.109. The van der Waals surface area contributed by atoms with E-state index in [1.807, 2.05) is 11.6 Å². The second-order valence-corrected chi connectivity index (χ2v) is 6.59. The molecule has 7 nitrogen and oxygen atoms in total. The van der Waals surface area contributed by atoms with E-state index < -0.39 is 0 Å². The van der Waals surface area contributed by atoms with Gasteiger partial charge in [0.15, 0.2) is 5.16 Å². The van der Waals surface area contributed by atoms with Gasteiger partial charge < -0.3 is 9.72 Å². The molecular formula is C16H20N4O3S. The number of rotatable bonds is 5. The number of carbonyl (C=O) groups excluding carboxylic acids is 1. The van der Waals surface area contributed by atoms with Crippen LogP contribution in [0.1, 0.15) is 47.2 Å². The van der Waals surface area contributed by atoms with Gasteiger partial charge in [-0.1, -0.05) is 18.7 Å². The summed E-state index contributed by atoms with van der Waals surface area (Å²) in [4.78, 5) is 31.0. The standard InChI is InChI=1S/C16H20N4O3S/c1-3-10-8-13(21)18-16(17-10)24-9-11-14(15(22)23-2)12-6-4-5-7-20(12)19-11/h8H,3-7,9H2,1-2H3,(H,17,18,21). The van der Waals surface area contributed by atoms with E-state index in [1.165, 1.54) is 24.9 Å². The number of aryl methyl sites for hydroxylation is 2. The lowest BCUT2D eigenvalue weighted by Crippen LogP contribution is -2.14. The van der Waals surface area contributed by atoms with Crippen LogP contribution in [0.4, 0.5) is 0 Å². The number of ether oxygens (including phenoxy) is 1. The van der Waals surface area contributed by atoms with Gasteiger partial charge in [-0.25, -0.2) is 9.78 Å². The summed E-state index contributed by atoms with van der Waals surface area (Å²) in [7, 11) is 1.38. The summed E-state index contributed by atoms with van der Waals surface area (Å²) >= 11 is 1.37. The Kier molecular flexibility index (Phi) is 5.03. The lowest BCUT2D eigenvalue weighted by Gasteiger charge is -2.13. The minimum Gasteiger partial charge on any atom is -0.465 e. The first-order valence-corrected chi connectivity index (χ1v) is 9.00. The highest BCUT2D eigenvalue weighted by molar-refractivity contribution is 7.98. The molecule has 0 saturated carbocycles. The van der Waals surface area contributed by atoms with Gasteiger partial charge in [0.2, 0.25) is 0 Å². The fourth-order valence-corrected chi connectivity index (χ4v) is 3.68. The molecular weight excluding hydrogens is 328 g/mol. The number of fused-ring (bicyclic) bond motifs is 1. The number of H-pyrrole nitrogens is 1. The van der Waals surface area contributed by atoms with E-state index in [0.717, 1.165) is 37.2 Å². The number of aromatic amines is 1. The predicted molar refractivity (Wildman–Crippen MR) is 90.3 cm³/mol. The first-order valence-electron chi connectivity index (χ1n) is 8.02. The van der Waals surface area contributed by atoms with E-state index in [0.29, 0.717) is 28.6 Å². The van der Waals surface area contributed by atoms with Gasteiger partial charge in [-0.15, -0.1) is 0 Å². The maximum Gasteiger partial charge on any atom is 0.341 e. The molecule has 0 saturated heterocycles. The van der Waals surface area contributed by atoms with Gasteiger partial charge in [-0.05, 0) is 25.7 Å². The number of carbonyl (C=O) groups is 1. The molecule has 1 aliphatic rings. The van der Waals surface area contributed by atoms with Gasteiger partial charge in [0, 0.05) is 24.1 Å². The van der Waals surface area contributed by atoms with Crippen molar-refractivity contribution in [3.8, 4) is 0 Å². The third kappa shape index (κ3) is 3.38. The lowest BCUT2D eigenvalue weighted by molar-refractivity contribution is 0.0598. The predicted octanol–water partition coefficient (Wildman–Crippen LogP) is 1.94. The topological polar surface area (TPSA) is 89.9 Å². The Morgan fingerprint density at radius 2 is 2.29 bits per heavy atom. The van der Waals surface area contributed by atoms with Gasteiger partial charge >= 0.3 is 5.97 Å². The van der Waals surface area contributed by atoms with Crippen LogP contribution in [0.15, 0.2) is 16.0 Å². The zero-order chi connectivity index (χ0) is 17.1. The Hall–Kier alpha value is -2.09. The Morgan fingerprint density at radius 1 is 1.46 bits per heavy atom. The summed E-state index contributed by atoms with van der Waals surface area (Å²) in [6.07, 6.45) is 3.65. The van der Waals surface area contributed by atoms with Crippen LogP contribution in [-0.2, 0) is 29.9 Å². The van der Waals surface area contributed by atoms with Gasteiger partial charge in [0.05, 0.1) is 18.5 Å². The third-order valence-electron chi connectivity index (χ3n) is 4.03. The molecule has 8 heteroatoms. The second-order valence-electron chi connectivity index (χ2n) is 5.62. The molecule has 3 rings (SSSR count). The van der Waals surface area contributed by atoms with Gasteiger partial charge in [-0.3, -0.25) is 9.48 Å². The number of hydrogen-bond donors (Lipinski definition) is 1. The van der Waals surface area contributed by atoms with Crippen molar-refractivity contribution in [3.05, 3.63) is 39.1 Å². The Labute approximate surface area is 143 Å². The Balaban J connectivity index is 1.87. The molecule has 0 amide bonds. The van der Waals surface area contributed by atoms with Gasteiger partial charge in [0.1, 0.15) is 5.56 Å². The monoisotopic (exact) mass is 348 g/mol. The molecule has 0 unspecified atom stereocenters. The van der Waals surface area contributed by atoms with Gasteiger partial charge in [0.25, 0.3) is 5.56 Å². The van der Waals surface area contributed by atoms with E-state index in [-0.39, 0.29) is 11.5 Å². The highest BCUT2D eigenvalue weighted by Crippen LogP contribution is 2.27. The van der Waals surface area contributed by atoms with Crippen LogP contribution in [0, 0.1) is 0 Å². The van der Waals surface area contributed by atoms with Crippen molar-refractivity contribution < 1.29 is 9.53 Å². The average molecular weight is 348 g/mol. The van der Waals surface area contributed by atoms with E-state index in [2.05, 4.69) is 15.1 Å². The molecule has 0 radical (unpaired) electrons. The highest BCUT2D eigenvalue weighted by atomic mass is 32.2. The van der Waals surface area contributed by atoms with Crippen molar-refractivity contribution in [2.75, 3.05) is 7.11 Å². The van der Waals surface area contributed by atoms with Crippen molar-refractivity contribution in [1.29, 1.82) is 0 Å².